The van der Waals surface area contributed by atoms with Crippen LogP contribution in [0.5, 0.6) is 0 Å². The van der Waals surface area contributed by atoms with Gasteiger partial charge in [-0.2, -0.15) is 17.8 Å². The summed E-state index contributed by atoms with van der Waals surface area (Å²) in [6, 6.07) is 0. The zero-order chi connectivity index (χ0) is 15.8. The Kier molecular flexibility index (Phi) is 4.03. The maximum Gasteiger partial charge on any atom is 0.436 e. The van der Waals surface area contributed by atoms with Gasteiger partial charge in [0.15, 0.2) is 5.70 Å². The first-order chi connectivity index (χ1) is 9.68. The van der Waals surface area contributed by atoms with Crippen molar-refractivity contribution in [2.45, 2.75) is 32.0 Å². The number of quaternary nitrogens is 1. The van der Waals surface area contributed by atoms with Crippen LogP contribution >= 0.6 is 0 Å². The fraction of sp³-hybridized carbons (Fsp3) is 0.615. The maximum atomic E-state index is 13.0. The van der Waals surface area contributed by atoms with Gasteiger partial charge in [-0.1, -0.05) is 6.08 Å². The van der Waals surface area contributed by atoms with E-state index in [1.165, 1.54) is 13.1 Å². The summed E-state index contributed by atoms with van der Waals surface area (Å²) in [6.07, 6.45) is -1.31. The highest BCUT2D eigenvalue weighted by molar-refractivity contribution is 5.88. The first-order valence-corrected chi connectivity index (χ1v) is 6.69. The van der Waals surface area contributed by atoms with E-state index in [0.717, 1.165) is 11.1 Å². The van der Waals surface area contributed by atoms with Gasteiger partial charge in [0.25, 0.3) is 0 Å². The van der Waals surface area contributed by atoms with Gasteiger partial charge in [-0.05, 0) is 13.0 Å². The number of hydrogen-bond acceptors (Lipinski definition) is 3. The molecule has 2 rings (SSSR count). The van der Waals surface area contributed by atoms with Gasteiger partial charge in [0.2, 0.25) is 12.1 Å². The fourth-order valence-corrected chi connectivity index (χ4v) is 2.48. The number of alkyl halides is 3. The summed E-state index contributed by atoms with van der Waals surface area (Å²) < 4.78 is 44.8. The molecule has 0 fully saturated rings. The molecule has 0 spiro atoms. The van der Waals surface area contributed by atoms with Crippen LogP contribution in [0.1, 0.15) is 13.3 Å². The Morgan fingerprint density at radius 2 is 2.19 bits per heavy atom. The van der Waals surface area contributed by atoms with Gasteiger partial charge in [-0.3, -0.25) is 9.53 Å². The molecule has 3 unspecified atom stereocenters. The minimum Gasteiger partial charge on any atom is -0.327 e. The van der Waals surface area contributed by atoms with E-state index >= 15 is 0 Å². The first-order valence-electron chi connectivity index (χ1n) is 6.69. The number of carbonyl (C=O) groups excluding carboxylic acids is 1. The van der Waals surface area contributed by atoms with Gasteiger partial charge in [0.05, 0.1) is 14.1 Å². The predicted molar refractivity (Wildman–Crippen MR) is 69.2 cm³/mol. The fourth-order valence-electron chi connectivity index (χ4n) is 2.48. The van der Waals surface area contributed by atoms with Crippen molar-refractivity contribution in [1.29, 1.82) is 0 Å². The van der Waals surface area contributed by atoms with E-state index in [-0.39, 0.29) is 10.5 Å². The van der Waals surface area contributed by atoms with Crippen molar-refractivity contribution in [3.8, 4) is 0 Å². The summed E-state index contributed by atoms with van der Waals surface area (Å²) in [6.45, 7) is 2.22. The third-order valence-electron chi connectivity index (χ3n) is 4.04. The number of allylic oxidation sites excluding steroid dienone is 1. The molecule has 21 heavy (non-hydrogen) atoms. The Morgan fingerprint density at radius 3 is 2.71 bits per heavy atom. The van der Waals surface area contributed by atoms with E-state index in [2.05, 4.69) is 5.32 Å². The molecule has 0 aromatic rings. The van der Waals surface area contributed by atoms with E-state index in [4.69, 9.17) is 4.74 Å². The summed E-state index contributed by atoms with van der Waals surface area (Å²) in [7, 11) is 3.06. The second kappa shape index (κ2) is 5.34. The van der Waals surface area contributed by atoms with Crippen molar-refractivity contribution in [3.05, 3.63) is 23.9 Å². The summed E-state index contributed by atoms with van der Waals surface area (Å²) >= 11 is 0. The van der Waals surface area contributed by atoms with Crippen LogP contribution in [0.4, 0.5) is 13.2 Å². The van der Waals surface area contributed by atoms with Crippen LogP contribution in [-0.2, 0) is 9.53 Å². The van der Waals surface area contributed by atoms with Crippen LogP contribution in [0.25, 0.3) is 0 Å². The van der Waals surface area contributed by atoms with Crippen LogP contribution in [0.15, 0.2) is 23.9 Å². The minimum atomic E-state index is -4.43. The van der Waals surface area contributed by atoms with Crippen molar-refractivity contribution in [2.75, 3.05) is 20.6 Å². The van der Waals surface area contributed by atoms with E-state index in [0.29, 0.717) is 13.0 Å². The number of carbonyl (C=O) groups is 1. The highest BCUT2D eigenvalue weighted by Gasteiger charge is 2.53. The molecule has 118 valence electrons. The molecule has 8 heteroatoms. The lowest BCUT2D eigenvalue weighted by atomic mass is 10.2. The number of hydrogen-bond donors (Lipinski definition) is 1. The van der Waals surface area contributed by atoms with Gasteiger partial charge < -0.3 is 5.32 Å². The van der Waals surface area contributed by atoms with Gasteiger partial charge in [0.1, 0.15) is 12.8 Å². The molecule has 0 aromatic heterocycles. The van der Waals surface area contributed by atoms with Crippen LogP contribution < -0.4 is 5.32 Å². The van der Waals surface area contributed by atoms with Gasteiger partial charge in [-0.25, -0.2) is 5.01 Å². The SMILES string of the molecule is CC[N+]1(C)C(OC2CC=CC(=O)N2)C=C(C(F)(F)F)N1C. The number of halogens is 3. The molecule has 1 amide bonds. The van der Waals surface area contributed by atoms with E-state index in [9.17, 15) is 18.0 Å². The molecule has 2 heterocycles. The number of rotatable bonds is 3. The van der Waals surface area contributed by atoms with E-state index < -0.39 is 24.3 Å². The average molecular weight is 306 g/mol. The van der Waals surface area contributed by atoms with Crippen LogP contribution in [-0.4, -0.2) is 54.8 Å². The molecular formula is C13H19F3N3O2+. The number of nitrogens with one attached hydrogen (secondary N) is 1. The average Bonchev–Trinajstić information content (AvgIpc) is 2.64. The number of nitrogens with zero attached hydrogens (tertiary/aromatic N) is 2. The van der Waals surface area contributed by atoms with Crippen LogP contribution in [0.3, 0.4) is 0 Å². The summed E-state index contributed by atoms with van der Waals surface area (Å²) in [5.41, 5.74) is -0.727. The molecule has 3 atom stereocenters. The lowest BCUT2D eigenvalue weighted by Gasteiger charge is -2.41. The smallest absolute Gasteiger partial charge is 0.327 e. The Bertz CT molecular complexity index is 490. The van der Waals surface area contributed by atoms with Crippen molar-refractivity contribution in [3.63, 3.8) is 0 Å². The number of ether oxygens (including phenoxy) is 1. The van der Waals surface area contributed by atoms with Crippen LogP contribution in [0, 0.1) is 0 Å². The monoisotopic (exact) mass is 306 g/mol. The highest BCUT2D eigenvalue weighted by atomic mass is 19.4. The Morgan fingerprint density at radius 1 is 1.52 bits per heavy atom. The Labute approximate surface area is 121 Å². The van der Waals surface area contributed by atoms with Crippen molar-refractivity contribution < 1.29 is 27.3 Å². The third kappa shape index (κ3) is 2.91. The quantitative estimate of drug-likeness (QED) is 0.804. The topological polar surface area (TPSA) is 41.6 Å². The highest BCUT2D eigenvalue weighted by Crippen LogP contribution is 2.38. The zero-order valence-corrected chi connectivity index (χ0v) is 12.1. The molecule has 1 N–H and O–H groups in total. The molecule has 0 saturated heterocycles. The molecule has 2 aliphatic rings. The molecule has 0 aliphatic carbocycles. The molecule has 2 aliphatic heterocycles. The van der Waals surface area contributed by atoms with E-state index in [1.807, 2.05) is 0 Å². The van der Waals surface area contributed by atoms with Crippen molar-refractivity contribution in [2.24, 2.45) is 0 Å². The Hall–Kier alpha value is -1.54. The van der Waals surface area contributed by atoms with Gasteiger partial charge >= 0.3 is 6.18 Å². The summed E-state index contributed by atoms with van der Waals surface area (Å²) in [5.74, 6) is -0.302. The maximum absolute atomic E-state index is 13.0. The zero-order valence-electron chi connectivity index (χ0n) is 12.1. The van der Waals surface area contributed by atoms with Crippen LogP contribution in [0.2, 0.25) is 0 Å². The lowest BCUT2D eigenvalue weighted by Crippen LogP contribution is -2.59. The predicted octanol–water partition coefficient (Wildman–Crippen LogP) is 1.50. The largest absolute Gasteiger partial charge is 0.436 e. The Balaban J connectivity index is 2.21. The third-order valence-corrected chi connectivity index (χ3v) is 4.04. The van der Waals surface area contributed by atoms with E-state index in [1.54, 1.807) is 20.0 Å². The molecule has 0 bridgehead atoms. The first kappa shape index (κ1) is 15.8. The van der Waals surface area contributed by atoms with Gasteiger partial charge in [-0.15, -0.1) is 0 Å². The summed E-state index contributed by atoms with van der Waals surface area (Å²) in [4.78, 5) is 11.3. The standard InChI is InChI=1S/C13H18F3N3O2/c1-4-19(3)12(8-9(18(19)2)13(14,15)16)21-11-7-5-6-10(20)17-11/h5-6,8,11-12H,4,7H2,1-3H3/p+1. The van der Waals surface area contributed by atoms with Crippen molar-refractivity contribution >= 4 is 5.91 Å². The van der Waals surface area contributed by atoms with Crippen molar-refractivity contribution in [1.82, 2.24) is 10.3 Å². The van der Waals surface area contributed by atoms with Gasteiger partial charge in [0, 0.05) is 12.5 Å². The second-order valence-corrected chi connectivity index (χ2v) is 5.27. The number of amides is 1. The molecule has 0 radical (unpaired) electrons. The lowest BCUT2D eigenvalue weighted by molar-refractivity contribution is -1.04. The summed E-state index contributed by atoms with van der Waals surface area (Å²) in [5, 5.41) is 3.74. The molecule has 0 aromatic carbocycles. The molecule has 5 nitrogen and oxygen atoms in total. The minimum absolute atomic E-state index is 0.0507. The molecule has 0 saturated carbocycles. The second-order valence-electron chi connectivity index (χ2n) is 5.27. The normalized spacial score (nSPS) is 33.1. The number of likely N-dealkylation sites (N-methyl/N-ethyl adjacent to an activating group) is 1. The molecular weight excluding hydrogens is 287 g/mol.